The van der Waals surface area contributed by atoms with E-state index in [1.54, 1.807) is 0 Å². The molecule has 2 aliphatic rings. The fourth-order valence-electron chi connectivity index (χ4n) is 1.38. The summed E-state index contributed by atoms with van der Waals surface area (Å²) in [6.07, 6.45) is 8.19. The van der Waals surface area contributed by atoms with Crippen LogP contribution in [0.2, 0.25) is 0 Å². The molecule has 0 radical (unpaired) electrons. The Bertz CT molecular complexity index is 167. The molecule has 2 rings (SSSR count). The normalized spacial score (nSPS) is 40.9. The fourth-order valence-corrected chi connectivity index (χ4v) is 2.06. The van der Waals surface area contributed by atoms with Crippen LogP contribution in [0.4, 0.5) is 0 Å². The minimum atomic E-state index is 0.736. The minimum absolute atomic E-state index is 0.736. The topological polar surface area (TPSA) is 0 Å². The Morgan fingerprint density at radius 3 is 2.62 bits per heavy atom. The van der Waals surface area contributed by atoms with E-state index in [1.165, 1.54) is 10.9 Å². The van der Waals surface area contributed by atoms with E-state index in [2.05, 4.69) is 34.2 Å². The molecule has 0 amide bonds. The van der Waals surface area contributed by atoms with Crippen molar-refractivity contribution in [3.8, 4) is 0 Å². The van der Waals surface area contributed by atoms with Crippen molar-refractivity contribution in [1.29, 1.82) is 0 Å². The molecule has 1 heteroatoms. The van der Waals surface area contributed by atoms with Crippen LogP contribution in [0, 0.1) is 11.8 Å². The van der Waals surface area contributed by atoms with Gasteiger partial charge in [0.25, 0.3) is 0 Å². The van der Waals surface area contributed by atoms with Crippen LogP contribution in [0.3, 0.4) is 0 Å². The van der Waals surface area contributed by atoms with Crippen molar-refractivity contribution in [1.82, 2.24) is 0 Å². The highest BCUT2D eigenvalue weighted by Crippen LogP contribution is 2.40. The maximum atomic E-state index is 3.51. The minimum Gasteiger partial charge on any atom is -0.0809 e. The molecule has 0 spiro atoms. The molecular formula is C7H7Br. The molecule has 2 unspecified atom stereocenters. The summed E-state index contributed by atoms with van der Waals surface area (Å²) < 4.78 is 1.39. The Balaban J connectivity index is 2.36. The predicted molar refractivity (Wildman–Crippen MR) is 37.7 cm³/mol. The van der Waals surface area contributed by atoms with Crippen LogP contribution in [0.25, 0.3) is 0 Å². The molecule has 0 saturated carbocycles. The van der Waals surface area contributed by atoms with Crippen LogP contribution < -0.4 is 0 Å². The van der Waals surface area contributed by atoms with Crippen molar-refractivity contribution >= 4 is 15.9 Å². The highest BCUT2D eigenvalue weighted by atomic mass is 79.9. The lowest BCUT2D eigenvalue weighted by Crippen LogP contribution is -1.83. The number of hydrogen-bond acceptors (Lipinski definition) is 0. The van der Waals surface area contributed by atoms with Crippen molar-refractivity contribution in [2.75, 3.05) is 0 Å². The first-order valence-electron chi connectivity index (χ1n) is 2.92. The molecule has 42 valence electrons. The smallest absolute Gasteiger partial charge is 0.00899 e. The predicted octanol–water partition coefficient (Wildman–Crippen LogP) is 2.47. The van der Waals surface area contributed by atoms with E-state index in [0.29, 0.717) is 0 Å². The van der Waals surface area contributed by atoms with Gasteiger partial charge in [0.2, 0.25) is 0 Å². The summed E-state index contributed by atoms with van der Waals surface area (Å²) in [5.41, 5.74) is 0. The van der Waals surface area contributed by atoms with Gasteiger partial charge in [-0.25, -0.2) is 0 Å². The van der Waals surface area contributed by atoms with Gasteiger partial charge in [-0.05, 0) is 16.8 Å². The Hall–Kier alpha value is -0.0400. The maximum Gasteiger partial charge on any atom is 0.00899 e. The number of allylic oxidation sites excluding steroid dienone is 4. The number of halogens is 1. The van der Waals surface area contributed by atoms with Gasteiger partial charge in [0.15, 0.2) is 0 Å². The van der Waals surface area contributed by atoms with Gasteiger partial charge in [-0.1, -0.05) is 34.2 Å². The van der Waals surface area contributed by atoms with Gasteiger partial charge >= 0.3 is 0 Å². The molecule has 0 aromatic rings. The largest absolute Gasteiger partial charge is 0.0809 e. The first kappa shape index (κ1) is 4.80. The van der Waals surface area contributed by atoms with Gasteiger partial charge in [-0.15, -0.1) is 0 Å². The highest BCUT2D eigenvalue weighted by molar-refractivity contribution is 9.11. The first-order valence-corrected chi connectivity index (χ1v) is 3.71. The van der Waals surface area contributed by atoms with E-state index in [0.717, 1.165) is 11.8 Å². The third kappa shape index (κ3) is 0.510. The molecule has 2 bridgehead atoms. The number of hydrogen-bond donors (Lipinski definition) is 0. The summed E-state index contributed by atoms with van der Waals surface area (Å²) >= 11 is 3.51. The SMILES string of the molecule is BrC1=CC2C=CC1C2. The van der Waals surface area contributed by atoms with E-state index >= 15 is 0 Å². The molecule has 2 atom stereocenters. The van der Waals surface area contributed by atoms with Gasteiger partial charge in [0.05, 0.1) is 0 Å². The molecule has 0 saturated heterocycles. The Morgan fingerprint density at radius 1 is 1.50 bits per heavy atom. The summed E-state index contributed by atoms with van der Waals surface area (Å²) in [5.74, 6) is 1.49. The van der Waals surface area contributed by atoms with Crippen molar-refractivity contribution in [2.45, 2.75) is 6.42 Å². The van der Waals surface area contributed by atoms with Crippen molar-refractivity contribution in [3.63, 3.8) is 0 Å². The molecule has 2 aliphatic carbocycles. The van der Waals surface area contributed by atoms with Gasteiger partial charge in [-0.3, -0.25) is 0 Å². The van der Waals surface area contributed by atoms with Crippen molar-refractivity contribution in [3.05, 3.63) is 22.7 Å². The molecule has 0 aromatic heterocycles. The van der Waals surface area contributed by atoms with E-state index in [1.807, 2.05) is 0 Å². The van der Waals surface area contributed by atoms with E-state index < -0.39 is 0 Å². The second-order valence-corrected chi connectivity index (χ2v) is 3.36. The Morgan fingerprint density at radius 2 is 2.38 bits per heavy atom. The molecule has 0 aromatic carbocycles. The van der Waals surface area contributed by atoms with Gasteiger partial charge in [-0.2, -0.15) is 0 Å². The number of rotatable bonds is 0. The Kier molecular flexibility index (Phi) is 0.884. The molecule has 0 fully saturated rings. The summed E-state index contributed by atoms with van der Waals surface area (Å²) in [4.78, 5) is 0. The lowest BCUT2D eigenvalue weighted by molar-refractivity contribution is 0.729. The second-order valence-electron chi connectivity index (χ2n) is 2.44. The molecular weight excluding hydrogens is 164 g/mol. The van der Waals surface area contributed by atoms with Gasteiger partial charge < -0.3 is 0 Å². The summed E-state index contributed by atoms with van der Waals surface area (Å²) in [6.45, 7) is 0. The third-order valence-electron chi connectivity index (χ3n) is 1.84. The van der Waals surface area contributed by atoms with Crippen molar-refractivity contribution < 1.29 is 0 Å². The molecule has 0 nitrogen and oxygen atoms in total. The lowest BCUT2D eigenvalue weighted by atomic mass is 10.2. The average Bonchev–Trinajstić information content (AvgIpc) is 2.23. The van der Waals surface area contributed by atoms with E-state index in [9.17, 15) is 0 Å². The third-order valence-corrected chi connectivity index (χ3v) is 2.70. The highest BCUT2D eigenvalue weighted by Gasteiger charge is 2.25. The lowest BCUT2D eigenvalue weighted by Gasteiger charge is -1.97. The fraction of sp³-hybridized carbons (Fsp3) is 0.429. The molecule has 0 heterocycles. The molecule has 0 aliphatic heterocycles. The van der Waals surface area contributed by atoms with Crippen LogP contribution in [0.15, 0.2) is 22.7 Å². The average molecular weight is 171 g/mol. The zero-order valence-corrected chi connectivity index (χ0v) is 6.06. The first-order chi connectivity index (χ1) is 3.86. The number of fused-ring (bicyclic) bond motifs is 2. The maximum absolute atomic E-state index is 3.51. The second kappa shape index (κ2) is 1.47. The zero-order valence-electron chi connectivity index (χ0n) is 4.47. The van der Waals surface area contributed by atoms with Crippen LogP contribution in [-0.2, 0) is 0 Å². The van der Waals surface area contributed by atoms with Crippen molar-refractivity contribution in [2.24, 2.45) is 11.8 Å². The summed E-state index contributed by atoms with van der Waals surface area (Å²) in [5, 5.41) is 0. The van der Waals surface area contributed by atoms with Gasteiger partial charge in [0, 0.05) is 5.92 Å². The van der Waals surface area contributed by atoms with Crippen LogP contribution in [0.5, 0.6) is 0 Å². The zero-order chi connectivity index (χ0) is 5.56. The van der Waals surface area contributed by atoms with E-state index in [4.69, 9.17) is 0 Å². The van der Waals surface area contributed by atoms with Crippen LogP contribution in [0.1, 0.15) is 6.42 Å². The standard InChI is InChI=1S/C7H7Br/c8-7-4-5-1-2-6(7)3-5/h1-2,4-6H,3H2. The Labute approximate surface area is 57.4 Å². The van der Waals surface area contributed by atoms with Gasteiger partial charge in [0.1, 0.15) is 0 Å². The summed E-state index contributed by atoms with van der Waals surface area (Å²) in [6, 6.07) is 0. The van der Waals surface area contributed by atoms with Crippen LogP contribution in [-0.4, -0.2) is 0 Å². The molecule has 0 N–H and O–H groups in total. The van der Waals surface area contributed by atoms with E-state index in [-0.39, 0.29) is 0 Å². The van der Waals surface area contributed by atoms with Crippen LogP contribution >= 0.6 is 15.9 Å². The molecule has 8 heavy (non-hydrogen) atoms. The summed E-state index contributed by atoms with van der Waals surface area (Å²) in [7, 11) is 0. The quantitative estimate of drug-likeness (QED) is 0.491. The monoisotopic (exact) mass is 170 g/mol.